The molecule has 0 aromatic heterocycles. The normalized spacial score (nSPS) is 28.2. The van der Waals surface area contributed by atoms with Crippen LogP contribution in [0.3, 0.4) is 0 Å². The average molecular weight is 210 g/mol. The molecule has 1 fully saturated rings. The molecule has 3 aliphatic rings. The van der Waals surface area contributed by atoms with Gasteiger partial charge in [-0.1, -0.05) is 30.3 Å². The number of ether oxygens (including phenoxy) is 2. The molecule has 1 saturated heterocycles. The minimum absolute atomic E-state index is 0.377. The highest BCUT2D eigenvalue weighted by atomic mass is 16.7. The summed E-state index contributed by atoms with van der Waals surface area (Å²) in [7, 11) is 0. The highest BCUT2D eigenvalue weighted by Crippen LogP contribution is 2.46. The van der Waals surface area contributed by atoms with E-state index >= 15 is 0 Å². The maximum absolute atomic E-state index is 5.83. The Kier molecular flexibility index (Phi) is 1.33. The molecule has 1 spiro atoms. The Labute approximate surface area is 93.5 Å². The van der Waals surface area contributed by atoms with E-state index in [2.05, 4.69) is 42.5 Å². The second-order valence-corrected chi connectivity index (χ2v) is 4.27. The van der Waals surface area contributed by atoms with Crippen LogP contribution in [0.25, 0.3) is 11.6 Å². The molecule has 0 amide bonds. The van der Waals surface area contributed by atoms with E-state index in [9.17, 15) is 0 Å². The van der Waals surface area contributed by atoms with E-state index in [-0.39, 0.29) is 5.60 Å². The van der Waals surface area contributed by atoms with Gasteiger partial charge in [0.2, 0.25) is 0 Å². The standard InChI is InChI=1S/C14H10O2/c1-2-4-11-10(3-1)7-8-14-9-15-13(16-14)6-5-12(11)14/h1-8H,9H2. The molecule has 2 heteroatoms. The Bertz CT molecular complexity index is 566. The summed E-state index contributed by atoms with van der Waals surface area (Å²) in [5.41, 5.74) is 3.31. The lowest BCUT2D eigenvalue weighted by Gasteiger charge is -2.31. The highest BCUT2D eigenvalue weighted by molar-refractivity contribution is 5.87. The van der Waals surface area contributed by atoms with E-state index in [1.54, 1.807) is 0 Å². The molecule has 2 nitrogen and oxygen atoms in total. The van der Waals surface area contributed by atoms with Crippen molar-refractivity contribution in [3.05, 3.63) is 59.6 Å². The fourth-order valence-electron chi connectivity index (χ4n) is 2.53. The molecule has 0 saturated carbocycles. The summed E-state index contributed by atoms with van der Waals surface area (Å²) in [6, 6.07) is 8.36. The van der Waals surface area contributed by atoms with Crippen LogP contribution in [0.4, 0.5) is 0 Å². The predicted octanol–water partition coefficient (Wildman–Crippen LogP) is 2.74. The third-order valence-electron chi connectivity index (χ3n) is 3.34. The van der Waals surface area contributed by atoms with Crippen LogP contribution in [-0.4, -0.2) is 12.2 Å². The Balaban J connectivity index is 2.01. The zero-order valence-electron chi connectivity index (χ0n) is 8.64. The van der Waals surface area contributed by atoms with E-state index in [1.165, 1.54) is 16.7 Å². The number of fused-ring (bicyclic) bond motifs is 3. The van der Waals surface area contributed by atoms with Gasteiger partial charge in [-0.25, -0.2) is 0 Å². The second kappa shape index (κ2) is 2.59. The van der Waals surface area contributed by atoms with Crippen molar-refractivity contribution < 1.29 is 9.47 Å². The summed E-state index contributed by atoms with van der Waals surface area (Å²) < 4.78 is 11.3. The van der Waals surface area contributed by atoms with Crippen molar-refractivity contribution in [2.75, 3.05) is 6.61 Å². The average Bonchev–Trinajstić information content (AvgIpc) is 2.65. The summed E-state index contributed by atoms with van der Waals surface area (Å²) in [5, 5.41) is 0. The van der Waals surface area contributed by atoms with Crippen LogP contribution < -0.4 is 0 Å². The van der Waals surface area contributed by atoms with E-state index in [1.807, 2.05) is 6.08 Å². The number of rotatable bonds is 0. The number of benzene rings is 1. The van der Waals surface area contributed by atoms with Gasteiger partial charge in [-0.05, 0) is 23.3 Å². The second-order valence-electron chi connectivity index (χ2n) is 4.27. The third kappa shape index (κ3) is 0.871. The van der Waals surface area contributed by atoms with Crippen LogP contribution in [-0.2, 0) is 9.47 Å². The molecule has 0 N–H and O–H groups in total. The Morgan fingerprint density at radius 3 is 3.06 bits per heavy atom. The molecule has 0 radical (unpaired) electrons. The smallest absolute Gasteiger partial charge is 0.280 e. The van der Waals surface area contributed by atoms with Crippen LogP contribution in [0.5, 0.6) is 0 Å². The van der Waals surface area contributed by atoms with Gasteiger partial charge in [-0.3, -0.25) is 0 Å². The monoisotopic (exact) mass is 210 g/mol. The largest absolute Gasteiger partial charge is 0.460 e. The third-order valence-corrected chi connectivity index (χ3v) is 3.34. The lowest BCUT2D eigenvalue weighted by molar-refractivity contribution is 0.127. The van der Waals surface area contributed by atoms with Gasteiger partial charge in [-0.15, -0.1) is 0 Å². The first-order valence-corrected chi connectivity index (χ1v) is 5.40. The number of hydrogen-bond donors (Lipinski definition) is 0. The van der Waals surface area contributed by atoms with Gasteiger partial charge >= 0.3 is 0 Å². The summed E-state index contributed by atoms with van der Waals surface area (Å²) in [5.74, 6) is 0.632. The molecule has 1 atom stereocenters. The topological polar surface area (TPSA) is 18.5 Å². The lowest BCUT2D eigenvalue weighted by atomic mass is 9.81. The van der Waals surface area contributed by atoms with Gasteiger partial charge in [-0.2, -0.15) is 0 Å². The number of hydrogen-bond acceptors (Lipinski definition) is 2. The van der Waals surface area contributed by atoms with E-state index < -0.39 is 0 Å². The Morgan fingerprint density at radius 1 is 1.12 bits per heavy atom. The molecule has 16 heavy (non-hydrogen) atoms. The van der Waals surface area contributed by atoms with Crippen LogP contribution in [0.2, 0.25) is 0 Å². The molecule has 2 bridgehead atoms. The van der Waals surface area contributed by atoms with Crippen molar-refractivity contribution in [2.45, 2.75) is 5.60 Å². The highest BCUT2D eigenvalue weighted by Gasteiger charge is 2.45. The molecule has 1 aliphatic carbocycles. The molecule has 2 heterocycles. The van der Waals surface area contributed by atoms with E-state index in [4.69, 9.17) is 9.47 Å². The van der Waals surface area contributed by atoms with Crippen molar-refractivity contribution in [1.82, 2.24) is 0 Å². The van der Waals surface area contributed by atoms with Crippen molar-refractivity contribution in [1.29, 1.82) is 0 Å². The van der Waals surface area contributed by atoms with Crippen molar-refractivity contribution >= 4 is 11.6 Å². The summed E-state index contributed by atoms with van der Waals surface area (Å²) in [6.07, 6.45) is 8.22. The van der Waals surface area contributed by atoms with Crippen LogP contribution in [0, 0.1) is 0 Å². The fraction of sp³-hybridized carbons (Fsp3) is 0.143. The van der Waals surface area contributed by atoms with Gasteiger partial charge in [0, 0.05) is 11.6 Å². The molecular formula is C14H10O2. The SMILES string of the molecule is C1=CC23COC(=CC=C2c2ccccc21)O3. The quantitative estimate of drug-likeness (QED) is 0.655. The summed E-state index contributed by atoms with van der Waals surface area (Å²) in [6.45, 7) is 0.579. The van der Waals surface area contributed by atoms with E-state index in [0.29, 0.717) is 12.6 Å². The maximum Gasteiger partial charge on any atom is 0.280 e. The first kappa shape index (κ1) is 8.22. The van der Waals surface area contributed by atoms with Gasteiger partial charge in [0.25, 0.3) is 5.95 Å². The predicted molar refractivity (Wildman–Crippen MR) is 61.3 cm³/mol. The minimum Gasteiger partial charge on any atom is -0.460 e. The lowest BCUT2D eigenvalue weighted by Crippen LogP contribution is -2.33. The van der Waals surface area contributed by atoms with Crippen molar-refractivity contribution in [3.63, 3.8) is 0 Å². The molecular weight excluding hydrogens is 200 g/mol. The van der Waals surface area contributed by atoms with E-state index in [0.717, 1.165) is 0 Å². The Morgan fingerprint density at radius 2 is 2.06 bits per heavy atom. The molecule has 2 aliphatic heterocycles. The first-order valence-electron chi connectivity index (χ1n) is 5.40. The first-order chi connectivity index (χ1) is 7.87. The zero-order valence-corrected chi connectivity index (χ0v) is 8.64. The Hall–Kier alpha value is -1.96. The van der Waals surface area contributed by atoms with Gasteiger partial charge in [0.1, 0.15) is 6.61 Å². The van der Waals surface area contributed by atoms with Crippen LogP contribution in [0.1, 0.15) is 11.1 Å². The molecule has 1 aromatic rings. The summed E-state index contributed by atoms with van der Waals surface area (Å²) in [4.78, 5) is 0. The molecule has 78 valence electrons. The van der Waals surface area contributed by atoms with Crippen molar-refractivity contribution in [3.8, 4) is 0 Å². The van der Waals surface area contributed by atoms with Gasteiger partial charge < -0.3 is 9.47 Å². The maximum atomic E-state index is 5.83. The zero-order chi connectivity index (χ0) is 10.6. The van der Waals surface area contributed by atoms with Crippen LogP contribution >= 0.6 is 0 Å². The fourth-order valence-corrected chi connectivity index (χ4v) is 2.53. The van der Waals surface area contributed by atoms with Gasteiger partial charge in [0.05, 0.1) is 0 Å². The molecule has 1 aromatic carbocycles. The molecule has 1 unspecified atom stereocenters. The molecule has 4 rings (SSSR count). The van der Waals surface area contributed by atoms with Gasteiger partial charge in [0.15, 0.2) is 5.60 Å². The number of allylic oxidation sites excluding steroid dienone is 2. The minimum atomic E-state index is -0.377. The van der Waals surface area contributed by atoms with Crippen LogP contribution in [0.15, 0.2) is 48.4 Å². The summed E-state index contributed by atoms with van der Waals surface area (Å²) >= 11 is 0. The van der Waals surface area contributed by atoms with Crippen molar-refractivity contribution in [2.24, 2.45) is 0 Å².